The Kier molecular flexibility index (Phi) is 5.82. The Bertz CT molecular complexity index is 526. The number of carbonyl (C=O) groups is 1. The average molecular weight is 287 g/mol. The van der Waals surface area contributed by atoms with E-state index in [1.54, 1.807) is 7.11 Å². The summed E-state index contributed by atoms with van der Waals surface area (Å²) in [5, 5.41) is 7.05. The number of hydrogen-bond donors (Lipinski definition) is 2. The standard InChI is InChI=1S/C16H21N3O2/c1-21-15-10-6-5-9-14(15)17-12-16(20)19-18-11-13-7-3-2-4-8-13/h2-3,5-6,9-11,13,17H,4,7-8,12H2,1H3,(H,19,20)/b18-11-/t13-/m0/s1. The first-order chi connectivity index (χ1) is 10.3. The van der Waals surface area contributed by atoms with E-state index in [-0.39, 0.29) is 12.5 Å². The molecule has 1 amide bonds. The number of ether oxygens (including phenoxy) is 1. The number of methoxy groups -OCH3 is 1. The first-order valence-electron chi connectivity index (χ1n) is 7.13. The third-order valence-electron chi connectivity index (χ3n) is 3.33. The zero-order chi connectivity index (χ0) is 14.9. The molecule has 5 heteroatoms. The van der Waals surface area contributed by atoms with Crippen LogP contribution in [-0.2, 0) is 4.79 Å². The van der Waals surface area contributed by atoms with Gasteiger partial charge in [0.15, 0.2) is 0 Å². The molecule has 5 nitrogen and oxygen atoms in total. The molecule has 21 heavy (non-hydrogen) atoms. The van der Waals surface area contributed by atoms with Gasteiger partial charge in [-0.3, -0.25) is 4.79 Å². The van der Waals surface area contributed by atoms with E-state index in [4.69, 9.17) is 4.74 Å². The van der Waals surface area contributed by atoms with Crippen molar-refractivity contribution in [2.75, 3.05) is 19.0 Å². The Hall–Kier alpha value is -2.30. The Labute approximate surface area is 125 Å². The zero-order valence-electron chi connectivity index (χ0n) is 12.2. The predicted octanol–water partition coefficient (Wildman–Crippen LogP) is 2.57. The summed E-state index contributed by atoms with van der Waals surface area (Å²) < 4.78 is 5.21. The van der Waals surface area contributed by atoms with Gasteiger partial charge in [0.1, 0.15) is 5.75 Å². The van der Waals surface area contributed by atoms with Crippen molar-refractivity contribution >= 4 is 17.8 Å². The maximum atomic E-state index is 11.7. The molecule has 1 aromatic rings. The van der Waals surface area contributed by atoms with Crippen LogP contribution in [0, 0.1) is 5.92 Å². The van der Waals surface area contributed by atoms with Crippen LogP contribution in [0.3, 0.4) is 0 Å². The van der Waals surface area contributed by atoms with Gasteiger partial charge in [-0.15, -0.1) is 0 Å². The molecule has 1 atom stereocenters. The maximum absolute atomic E-state index is 11.7. The highest BCUT2D eigenvalue weighted by Crippen LogP contribution is 2.22. The number of anilines is 1. The molecule has 2 N–H and O–H groups in total. The summed E-state index contributed by atoms with van der Waals surface area (Å²) in [5.41, 5.74) is 3.33. The molecule has 2 rings (SSSR count). The number of nitrogens with one attached hydrogen (secondary N) is 2. The molecular formula is C16H21N3O2. The van der Waals surface area contributed by atoms with Gasteiger partial charge < -0.3 is 10.1 Å². The number of allylic oxidation sites excluding steroid dienone is 2. The lowest BCUT2D eigenvalue weighted by Gasteiger charge is -2.12. The Morgan fingerprint density at radius 1 is 1.43 bits per heavy atom. The summed E-state index contributed by atoms with van der Waals surface area (Å²) in [6.07, 6.45) is 9.34. The first kappa shape index (κ1) is 15.1. The zero-order valence-corrected chi connectivity index (χ0v) is 12.2. The third-order valence-corrected chi connectivity index (χ3v) is 3.33. The highest BCUT2D eigenvalue weighted by molar-refractivity contribution is 5.81. The molecule has 0 aliphatic heterocycles. The topological polar surface area (TPSA) is 62.7 Å². The molecule has 0 fully saturated rings. The van der Waals surface area contributed by atoms with E-state index in [1.807, 2.05) is 30.5 Å². The monoisotopic (exact) mass is 287 g/mol. The van der Waals surface area contributed by atoms with Crippen LogP contribution in [-0.4, -0.2) is 25.8 Å². The van der Waals surface area contributed by atoms with Gasteiger partial charge in [-0.1, -0.05) is 24.3 Å². The molecular weight excluding hydrogens is 266 g/mol. The minimum Gasteiger partial charge on any atom is -0.495 e. The molecule has 1 aromatic carbocycles. The number of hydrazone groups is 1. The number of benzene rings is 1. The molecule has 0 radical (unpaired) electrons. The lowest BCUT2D eigenvalue weighted by Crippen LogP contribution is -2.26. The second-order valence-corrected chi connectivity index (χ2v) is 4.91. The van der Waals surface area contributed by atoms with Gasteiger partial charge in [0, 0.05) is 6.21 Å². The van der Waals surface area contributed by atoms with Crippen LogP contribution in [0.25, 0.3) is 0 Å². The minimum atomic E-state index is -0.177. The van der Waals surface area contributed by atoms with Crippen molar-refractivity contribution in [3.8, 4) is 5.75 Å². The fraction of sp³-hybridized carbons (Fsp3) is 0.375. The largest absolute Gasteiger partial charge is 0.495 e. The fourth-order valence-electron chi connectivity index (χ4n) is 2.17. The minimum absolute atomic E-state index is 0.155. The summed E-state index contributed by atoms with van der Waals surface area (Å²) in [6.45, 7) is 0.155. The SMILES string of the molecule is COc1ccccc1NCC(=O)N/N=C\[C@H]1CC=CCC1. The third kappa shape index (κ3) is 4.95. The second-order valence-electron chi connectivity index (χ2n) is 4.91. The lowest BCUT2D eigenvalue weighted by atomic mass is 9.96. The first-order valence-corrected chi connectivity index (χ1v) is 7.13. The van der Waals surface area contributed by atoms with Crippen LogP contribution >= 0.6 is 0 Å². The van der Waals surface area contributed by atoms with E-state index in [0.29, 0.717) is 11.7 Å². The summed E-state index contributed by atoms with van der Waals surface area (Å²) in [4.78, 5) is 11.7. The van der Waals surface area contributed by atoms with Crippen molar-refractivity contribution in [3.63, 3.8) is 0 Å². The van der Waals surface area contributed by atoms with E-state index in [0.717, 1.165) is 24.9 Å². The van der Waals surface area contributed by atoms with E-state index < -0.39 is 0 Å². The summed E-state index contributed by atoms with van der Waals surface area (Å²) in [7, 11) is 1.60. The van der Waals surface area contributed by atoms with Crippen molar-refractivity contribution in [3.05, 3.63) is 36.4 Å². The molecule has 0 spiro atoms. The van der Waals surface area contributed by atoms with Crippen LogP contribution in [0.5, 0.6) is 5.75 Å². The van der Waals surface area contributed by atoms with Crippen LogP contribution in [0.1, 0.15) is 19.3 Å². The number of rotatable bonds is 6. The number of hydrogen-bond acceptors (Lipinski definition) is 4. The van der Waals surface area contributed by atoms with Crippen LogP contribution < -0.4 is 15.5 Å². The van der Waals surface area contributed by atoms with E-state index in [1.165, 1.54) is 0 Å². The Balaban J connectivity index is 1.74. The Morgan fingerprint density at radius 2 is 2.29 bits per heavy atom. The number of para-hydroxylation sites is 2. The molecule has 112 valence electrons. The smallest absolute Gasteiger partial charge is 0.259 e. The molecule has 1 aliphatic rings. The number of carbonyl (C=O) groups excluding carboxylic acids is 1. The van der Waals surface area contributed by atoms with Crippen LogP contribution in [0.2, 0.25) is 0 Å². The summed E-state index contributed by atoms with van der Waals surface area (Å²) in [6, 6.07) is 7.48. The van der Waals surface area contributed by atoms with Gasteiger partial charge in [0.2, 0.25) is 0 Å². The van der Waals surface area contributed by atoms with Gasteiger partial charge in [0.25, 0.3) is 5.91 Å². The van der Waals surface area contributed by atoms with Crippen molar-refractivity contribution in [1.82, 2.24) is 5.43 Å². The summed E-state index contributed by atoms with van der Waals surface area (Å²) in [5.74, 6) is 0.962. The second kappa shape index (κ2) is 8.09. The quantitative estimate of drug-likeness (QED) is 0.480. The highest BCUT2D eigenvalue weighted by Gasteiger charge is 2.07. The molecule has 0 heterocycles. The van der Waals surface area contributed by atoms with Gasteiger partial charge in [0.05, 0.1) is 19.3 Å². The molecule has 0 saturated carbocycles. The van der Waals surface area contributed by atoms with Crippen molar-refractivity contribution < 1.29 is 9.53 Å². The predicted molar refractivity (Wildman–Crippen MR) is 84.6 cm³/mol. The van der Waals surface area contributed by atoms with Crippen molar-refractivity contribution in [1.29, 1.82) is 0 Å². The van der Waals surface area contributed by atoms with Gasteiger partial charge in [-0.2, -0.15) is 5.10 Å². The lowest BCUT2D eigenvalue weighted by molar-refractivity contribution is -0.119. The molecule has 0 bridgehead atoms. The number of nitrogens with zero attached hydrogens (tertiary/aromatic N) is 1. The highest BCUT2D eigenvalue weighted by atomic mass is 16.5. The number of amides is 1. The normalized spacial score (nSPS) is 17.7. The molecule has 0 aromatic heterocycles. The van der Waals surface area contributed by atoms with Crippen molar-refractivity contribution in [2.45, 2.75) is 19.3 Å². The van der Waals surface area contributed by atoms with Gasteiger partial charge in [-0.05, 0) is 37.3 Å². The fourth-order valence-corrected chi connectivity index (χ4v) is 2.17. The maximum Gasteiger partial charge on any atom is 0.259 e. The molecule has 1 aliphatic carbocycles. The Morgan fingerprint density at radius 3 is 3.05 bits per heavy atom. The molecule has 0 unspecified atom stereocenters. The summed E-state index contributed by atoms with van der Waals surface area (Å²) >= 11 is 0. The average Bonchev–Trinajstić information content (AvgIpc) is 2.54. The van der Waals surface area contributed by atoms with Crippen molar-refractivity contribution in [2.24, 2.45) is 11.0 Å². The van der Waals surface area contributed by atoms with E-state index in [9.17, 15) is 4.79 Å². The molecule has 0 saturated heterocycles. The van der Waals surface area contributed by atoms with Crippen LogP contribution in [0.4, 0.5) is 5.69 Å². The van der Waals surface area contributed by atoms with Gasteiger partial charge in [-0.25, -0.2) is 5.43 Å². The van der Waals surface area contributed by atoms with Gasteiger partial charge >= 0.3 is 0 Å². The van der Waals surface area contributed by atoms with E-state index in [2.05, 4.69) is 28.0 Å². The van der Waals surface area contributed by atoms with E-state index >= 15 is 0 Å². The van der Waals surface area contributed by atoms with Crippen LogP contribution in [0.15, 0.2) is 41.5 Å².